The zero-order chi connectivity index (χ0) is 19.8. The first-order valence-corrected chi connectivity index (χ1v) is 9.69. The number of methoxy groups -OCH3 is 1. The van der Waals surface area contributed by atoms with Crippen molar-refractivity contribution < 1.29 is 13.5 Å². The molecule has 0 saturated carbocycles. The first-order chi connectivity index (χ1) is 13.7. The number of nitrogens with zero attached hydrogens (tertiary/aromatic N) is 2. The number of ether oxygens (including phenoxy) is 1. The molecule has 1 aliphatic rings. The summed E-state index contributed by atoms with van der Waals surface area (Å²) in [5.41, 5.74) is 1.52. The van der Waals surface area contributed by atoms with Crippen molar-refractivity contribution in [2.24, 2.45) is 4.99 Å². The molecule has 0 spiro atoms. The largest absolute Gasteiger partial charge is 0.468 e. The summed E-state index contributed by atoms with van der Waals surface area (Å²) < 4.78 is 24.5. The lowest BCUT2D eigenvalue weighted by Gasteiger charge is -2.26. The van der Waals surface area contributed by atoms with Crippen molar-refractivity contribution in [1.82, 2.24) is 15.5 Å². The van der Waals surface area contributed by atoms with Gasteiger partial charge in [-0.05, 0) is 55.8 Å². The van der Waals surface area contributed by atoms with Gasteiger partial charge < -0.3 is 19.8 Å². The van der Waals surface area contributed by atoms with Crippen molar-refractivity contribution in [2.45, 2.75) is 32.0 Å². The standard InChI is InChI=1S/C21H29FN4O2.HI/c1-23-21(24-13-16-7-8-18(22)17(12-16)15-27-2)25-14-19(20-6-5-11-28-20)26-9-3-4-10-26;/h5-8,11-12,19H,3-4,9-10,13-15H2,1-2H3,(H2,23,24,25);1H. The number of rotatable bonds is 8. The molecular formula is C21H30FIN4O2. The van der Waals surface area contributed by atoms with Gasteiger partial charge in [-0.3, -0.25) is 9.89 Å². The van der Waals surface area contributed by atoms with Crippen LogP contribution < -0.4 is 10.6 Å². The Hall–Kier alpha value is -1.65. The molecule has 8 heteroatoms. The van der Waals surface area contributed by atoms with E-state index in [0.717, 1.165) is 24.4 Å². The fraction of sp³-hybridized carbons (Fsp3) is 0.476. The molecule has 1 aliphatic heterocycles. The van der Waals surface area contributed by atoms with E-state index in [4.69, 9.17) is 9.15 Å². The molecule has 29 heavy (non-hydrogen) atoms. The number of aliphatic imine (C=N–C) groups is 1. The minimum Gasteiger partial charge on any atom is -0.468 e. The summed E-state index contributed by atoms with van der Waals surface area (Å²) in [5.74, 6) is 1.42. The van der Waals surface area contributed by atoms with Crippen molar-refractivity contribution in [1.29, 1.82) is 0 Å². The van der Waals surface area contributed by atoms with Gasteiger partial charge in [0, 0.05) is 32.8 Å². The third kappa shape index (κ3) is 6.68. The highest BCUT2D eigenvalue weighted by atomic mass is 127. The summed E-state index contributed by atoms with van der Waals surface area (Å²) in [6, 6.07) is 9.19. The Balaban J connectivity index is 0.00000300. The molecule has 0 aliphatic carbocycles. The monoisotopic (exact) mass is 516 g/mol. The Morgan fingerprint density at radius 1 is 1.28 bits per heavy atom. The van der Waals surface area contributed by atoms with Crippen LogP contribution in [-0.4, -0.2) is 44.7 Å². The molecule has 1 atom stereocenters. The van der Waals surface area contributed by atoms with Crippen LogP contribution in [-0.2, 0) is 17.9 Å². The second-order valence-electron chi connectivity index (χ2n) is 6.94. The molecule has 1 aromatic carbocycles. The van der Waals surface area contributed by atoms with Crippen LogP contribution >= 0.6 is 24.0 Å². The number of hydrogen-bond donors (Lipinski definition) is 2. The zero-order valence-corrected chi connectivity index (χ0v) is 19.3. The molecule has 1 fully saturated rings. The molecule has 1 unspecified atom stereocenters. The molecule has 0 radical (unpaired) electrons. The zero-order valence-electron chi connectivity index (χ0n) is 17.0. The van der Waals surface area contributed by atoms with Crippen LogP contribution in [0.5, 0.6) is 0 Å². The summed E-state index contributed by atoms with van der Waals surface area (Å²) in [6.45, 7) is 3.67. The van der Waals surface area contributed by atoms with Gasteiger partial charge in [-0.2, -0.15) is 0 Å². The predicted molar refractivity (Wildman–Crippen MR) is 123 cm³/mol. The molecular weight excluding hydrogens is 486 g/mol. The highest BCUT2D eigenvalue weighted by Gasteiger charge is 2.25. The van der Waals surface area contributed by atoms with Crippen molar-refractivity contribution in [3.05, 3.63) is 59.3 Å². The number of likely N-dealkylation sites (tertiary alicyclic amines) is 1. The number of guanidine groups is 1. The molecule has 1 aromatic heterocycles. The van der Waals surface area contributed by atoms with Gasteiger partial charge in [-0.15, -0.1) is 24.0 Å². The molecule has 0 amide bonds. The molecule has 160 valence electrons. The van der Waals surface area contributed by atoms with E-state index >= 15 is 0 Å². The Labute approximate surface area is 188 Å². The maximum absolute atomic E-state index is 13.8. The van der Waals surface area contributed by atoms with Crippen LogP contribution in [0.25, 0.3) is 0 Å². The predicted octanol–water partition coefficient (Wildman–Crippen LogP) is 3.69. The van der Waals surface area contributed by atoms with E-state index in [9.17, 15) is 4.39 Å². The third-order valence-electron chi connectivity index (χ3n) is 5.01. The van der Waals surface area contributed by atoms with Gasteiger partial charge in [0.15, 0.2) is 5.96 Å². The number of nitrogens with one attached hydrogen (secondary N) is 2. The normalized spacial score (nSPS) is 15.8. The average Bonchev–Trinajstić information content (AvgIpc) is 3.41. The van der Waals surface area contributed by atoms with Crippen LogP contribution in [0.1, 0.15) is 35.8 Å². The van der Waals surface area contributed by atoms with Gasteiger partial charge in [0.1, 0.15) is 11.6 Å². The van der Waals surface area contributed by atoms with Gasteiger partial charge in [0.25, 0.3) is 0 Å². The van der Waals surface area contributed by atoms with E-state index in [1.54, 1.807) is 26.5 Å². The van der Waals surface area contributed by atoms with Crippen molar-refractivity contribution in [2.75, 3.05) is 33.8 Å². The van der Waals surface area contributed by atoms with Gasteiger partial charge in [0.2, 0.25) is 0 Å². The quantitative estimate of drug-likeness (QED) is 0.319. The lowest BCUT2D eigenvalue weighted by molar-refractivity contribution is 0.181. The summed E-state index contributed by atoms with van der Waals surface area (Å²) >= 11 is 0. The van der Waals surface area contributed by atoms with Crippen molar-refractivity contribution >= 4 is 29.9 Å². The maximum atomic E-state index is 13.8. The van der Waals surface area contributed by atoms with Gasteiger partial charge >= 0.3 is 0 Å². The van der Waals surface area contributed by atoms with Crippen LogP contribution in [0.4, 0.5) is 4.39 Å². The van der Waals surface area contributed by atoms with E-state index in [2.05, 4.69) is 20.5 Å². The second kappa shape index (κ2) is 12.1. The van der Waals surface area contributed by atoms with E-state index < -0.39 is 0 Å². The van der Waals surface area contributed by atoms with E-state index in [1.165, 1.54) is 18.9 Å². The fourth-order valence-corrected chi connectivity index (χ4v) is 3.55. The average molecular weight is 516 g/mol. The van der Waals surface area contributed by atoms with Gasteiger partial charge in [-0.1, -0.05) is 6.07 Å². The minimum atomic E-state index is -0.250. The Morgan fingerprint density at radius 2 is 2.07 bits per heavy atom. The van der Waals surface area contributed by atoms with Crippen molar-refractivity contribution in [3.63, 3.8) is 0 Å². The third-order valence-corrected chi connectivity index (χ3v) is 5.01. The fourth-order valence-electron chi connectivity index (χ4n) is 3.55. The van der Waals surface area contributed by atoms with Crippen molar-refractivity contribution in [3.8, 4) is 0 Å². The van der Waals surface area contributed by atoms with E-state index in [-0.39, 0.29) is 42.4 Å². The number of benzene rings is 1. The molecule has 3 rings (SSSR count). The molecule has 2 aromatic rings. The van der Waals surface area contributed by atoms with Gasteiger partial charge in [-0.25, -0.2) is 4.39 Å². The second-order valence-corrected chi connectivity index (χ2v) is 6.94. The maximum Gasteiger partial charge on any atom is 0.191 e. The number of hydrogen-bond acceptors (Lipinski definition) is 4. The molecule has 1 saturated heterocycles. The molecule has 0 bridgehead atoms. The highest BCUT2D eigenvalue weighted by molar-refractivity contribution is 14.0. The lowest BCUT2D eigenvalue weighted by Crippen LogP contribution is -2.42. The Bertz CT molecular complexity index is 764. The Kier molecular flexibility index (Phi) is 9.89. The number of furan rings is 1. The molecule has 6 nitrogen and oxygen atoms in total. The summed E-state index contributed by atoms with van der Waals surface area (Å²) in [7, 11) is 3.31. The number of halogens is 2. The first-order valence-electron chi connectivity index (χ1n) is 9.69. The van der Waals surface area contributed by atoms with E-state index in [0.29, 0.717) is 24.6 Å². The van der Waals surface area contributed by atoms with Gasteiger partial charge in [0.05, 0.1) is 18.9 Å². The minimum absolute atomic E-state index is 0. The summed E-state index contributed by atoms with van der Waals surface area (Å²) in [6.07, 6.45) is 4.16. The smallest absolute Gasteiger partial charge is 0.191 e. The van der Waals surface area contributed by atoms with Crippen LogP contribution in [0.2, 0.25) is 0 Å². The topological polar surface area (TPSA) is 62.0 Å². The summed E-state index contributed by atoms with van der Waals surface area (Å²) in [5, 5.41) is 6.69. The first kappa shape index (κ1) is 23.6. The lowest BCUT2D eigenvalue weighted by atomic mass is 10.1. The molecule has 2 N–H and O–H groups in total. The van der Waals surface area contributed by atoms with E-state index in [1.807, 2.05) is 18.2 Å². The van der Waals surface area contributed by atoms with Crippen LogP contribution in [0.3, 0.4) is 0 Å². The summed E-state index contributed by atoms with van der Waals surface area (Å²) in [4.78, 5) is 6.75. The van der Waals surface area contributed by atoms with Crippen LogP contribution in [0, 0.1) is 5.82 Å². The molecule has 2 heterocycles. The van der Waals surface area contributed by atoms with Crippen LogP contribution in [0.15, 0.2) is 46.0 Å². The highest BCUT2D eigenvalue weighted by Crippen LogP contribution is 2.24. The Morgan fingerprint density at radius 3 is 2.72 bits per heavy atom. The SMILES string of the molecule is CN=C(NCc1ccc(F)c(COC)c1)NCC(c1ccco1)N1CCCC1.I.